The van der Waals surface area contributed by atoms with Gasteiger partial charge >= 0.3 is 0 Å². The van der Waals surface area contributed by atoms with Crippen LogP contribution >= 0.6 is 0 Å². The van der Waals surface area contributed by atoms with Crippen molar-refractivity contribution in [3.05, 3.63) is 30.1 Å². The van der Waals surface area contributed by atoms with Crippen LogP contribution in [0, 0.1) is 11.2 Å². The van der Waals surface area contributed by atoms with E-state index in [4.69, 9.17) is 0 Å². The molecule has 0 aromatic heterocycles. The van der Waals surface area contributed by atoms with Crippen LogP contribution in [0.1, 0.15) is 20.8 Å². The minimum atomic E-state index is -4.00. The minimum Gasteiger partial charge on any atom is -0.273 e. The van der Waals surface area contributed by atoms with Gasteiger partial charge in [0.15, 0.2) is 0 Å². The van der Waals surface area contributed by atoms with Crippen LogP contribution in [0.25, 0.3) is 0 Å². The molecule has 0 heterocycles. The Morgan fingerprint density at radius 3 is 2.35 bits per heavy atom. The normalized spacial score (nSPS) is 12.2. The Morgan fingerprint density at radius 2 is 1.88 bits per heavy atom. The van der Waals surface area contributed by atoms with E-state index in [0.717, 1.165) is 12.1 Å². The molecular weight excluding hydrogens is 245 g/mol. The van der Waals surface area contributed by atoms with Gasteiger partial charge in [-0.05, 0) is 18.2 Å². The summed E-state index contributed by atoms with van der Waals surface area (Å²) in [6, 6.07) is 4.48. The molecule has 1 N–H and O–H groups in total. The van der Waals surface area contributed by atoms with Gasteiger partial charge in [-0.3, -0.25) is 4.79 Å². The van der Waals surface area contributed by atoms with E-state index in [-0.39, 0.29) is 4.90 Å². The molecule has 17 heavy (non-hydrogen) atoms. The summed E-state index contributed by atoms with van der Waals surface area (Å²) in [5.74, 6) is -1.31. The first-order chi connectivity index (χ1) is 7.63. The third kappa shape index (κ3) is 3.52. The summed E-state index contributed by atoms with van der Waals surface area (Å²) in [7, 11) is -4.00. The number of benzene rings is 1. The van der Waals surface area contributed by atoms with Crippen molar-refractivity contribution in [2.45, 2.75) is 25.7 Å². The number of hydrogen-bond donors (Lipinski definition) is 1. The van der Waals surface area contributed by atoms with Crippen LogP contribution < -0.4 is 4.72 Å². The van der Waals surface area contributed by atoms with Crippen LogP contribution in [-0.2, 0) is 14.8 Å². The van der Waals surface area contributed by atoms with E-state index in [0.29, 0.717) is 0 Å². The highest BCUT2D eigenvalue weighted by molar-refractivity contribution is 7.90. The third-order valence-electron chi connectivity index (χ3n) is 2.01. The number of halogens is 1. The molecule has 1 rings (SSSR count). The van der Waals surface area contributed by atoms with Gasteiger partial charge in [-0.15, -0.1) is 0 Å². The van der Waals surface area contributed by atoms with Crippen molar-refractivity contribution in [1.82, 2.24) is 4.72 Å². The maximum absolute atomic E-state index is 12.9. The zero-order valence-corrected chi connectivity index (χ0v) is 10.6. The Labute approximate surface area is 99.9 Å². The van der Waals surface area contributed by atoms with Gasteiger partial charge in [-0.2, -0.15) is 0 Å². The molecule has 1 amide bonds. The first-order valence-electron chi connectivity index (χ1n) is 4.96. The van der Waals surface area contributed by atoms with Crippen LogP contribution in [0.4, 0.5) is 4.39 Å². The summed E-state index contributed by atoms with van der Waals surface area (Å²) >= 11 is 0. The fourth-order valence-corrected chi connectivity index (χ4v) is 2.16. The number of rotatable bonds is 2. The van der Waals surface area contributed by atoms with Gasteiger partial charge < -0.3 is 0 Å². The number of amides is 1. The van der Waals surface area contributed by atoms with Crippen LogP contribution in [0.5, 0.6) is 0 Å². The van der Waals surface area contributed by atoms with E-state index < -0.39 is 27.2 Å². The minimum absolute atomic E-state index is 0.268. The molecule has 4 nitrogen and oxygen atoms in total. The predicted molar refractivity (Wildman–Crippen MR) is 61.2 cm³/mol. The van der Waals surface area contributed by atoms with Gasteiger partial charge in [0.1, 0.15) is 5.82 Å². The molecule has 0 fully saturated rings. The number of carbonyl (C=O) groups is 1. The molecule has 0 spiro atoms. The quantitative estimate of drug-likeness (QED) is 0.878. The Morgan fingerprint density at radius 1 is 1.29 bits per heavy atom. The van der Waals surface area contributed by atoms with Crippen LogP contribution in [0.3, 0.4) is 0 Å². The highest BCUT2D eigenvalue weighted by Crippen LogP contribution is 2.16. The summed E-state index contributed by atoms with van der Waals surface area (Å²) in [5, 5.41) is 0. The van der Waals surface area contributed by atoms with Gasteiger partial charge in [0.05, 0.1) is 4.90 Å². The lowest BCUT2D eigenvalue weighted by molar-refractivity contribution is -0.126. The van der Waals surface area contributed by atoms with Gasteiger partial charge in [0, 0.05) is 5.41 Å². The second-order valence-corrected chi connectivity index (χ2v) is 6.32. The fourth-order valence-electron chi connectivity index (χ4n) is 0.968. The molecular formula is C11H14FNO3S. The van der Waals surface area contributed by atoms with E-state index in [1.807, 2.05) is 4.72 Å². The second kappa shape index (κ2) is 4.44. The van der Waals surface area contributed by atoms with Crippen molar-refractivity contribution >= 4 is 15.9 Å². The average molecular weight is 259 g/mol. The molecule has 0 unspecified atom stereocenters. The standard InChI is InChI=1S/C11H14FNO3S/c1-11(2,3)10(14)13-17(15,16)9-6-4-5-8(12)7-9/h4-7H,1-3H3,(H,13,14). The molecule has 0 saturated heterocycles. The van der Waals surface area contributed by atoms with Crippen molar-refractivity contribution < 1.29 is 17.6 Å². The molecule has 94 valence electrons. The first kappa shape index (κ1) is 13.6. The first-order valence-corrected chi connectivity index (χ1v) is 6.44. The van der Waals surface area contributed by atoms with Crippen molar-refractivity contribution in [2.75, 3.05) is 0 Å². The van der Waals surface area contributed by atoms with E-state index in [1.54, 1.807) is 20.8 Å². The van der Waals surface area contributed by atoms with Crippen molar-refractivity contribution in [3.8, 4) is 0 Å². The summed E-state index contributed by atoms with van der Waals surface area (Å²) in [4.78, 5) is 11.3. The zero-order valence-electron chi connectivity index (χ0n) is 9.82. The van der Waals surface area contributed by atoms with Gasteiger partial charge in [0.25, 0.3) is 10.0 Å². The summed E-state index contributed by atoms with van der Waals surface area (Å²) in [6.07, 6.45) is 0. The highest BCUT2D eigenvalue weighted by atomic mass is 32.2. The van der Waals surface area contributed by atoms with Crippen molar-refractivity contribution in [1.29, 1.82) is 0 Å². The molecule has 6 heteroatoms. The molecule has 0 bridgehead atoms. The Bertz CT molecular complexity index is 532. The van der Waals surface area contributed by atoms with Crippen molar-refractivity contribution in [3.63, 3.8) is 0 Å². The maximum Gasteiger partial charge on any atom is 0.264 e. The Hall–Kier alpha value is -1.43. The monoisotopic (exact) mass is 259 g/mol. The molecule has 0 radical (unpaired) electrons. The van der Waals surface area contributed by atoms with E-state index in [1.165, 1.54) is 12.1 Å². The largest absolute Gasteiger partial charge is 0.273 e. The third-order valence-corrected chi connectivity index (χ3v) is 3.34. The number of sulfonamides is 1. The van der Waals surface area contributed by atoms with E-state index in [2.05, 4.69) is 0 Å². The predicted octanol–water partition coefficient (Wildman–Crippen LogP) is 1.68. The topological polar surface area (TPSA) is 63.2 Å². The lowest BCUT2D eigenvalue weighted by atomic mass is 9.96. The van der Waals surface area contributed by atoms with Gasteiger partial charge in [-0.25, -0.2) is 17.5 Å². The van der Waals surface area contributed by atoms with Crippen LogP contribution in [-0.4, -0.2) is 14.3 Å². The Balaban J connectivity index is 3.02. The van der Waals surface area contributed by atoms with E-state index in [9.17, 15) is 17.6 Å². The fraction of sp³-hybridized carbons (Fsp3) is 0.364. The maximum atomic E-state index is 12.9. The smallest absolute Gasteiger partial charge is 0.264 e. The summed E-state index contributed by atoms with van der Waals surface area (Å²) < 4.78 is 38.3. The SMILES string of the molecule is CC(C)(C)C(=O)NS(=O)(=O)c1cccc(F)c1. The highest BCUT2D eigenvalue weighted by Gasteiger charge is 2.26. The summed E-state index contributed by atoms with van der Waals surface area (Å²) in [6.45, 7) is 4.76. The Kier molecular flexibility index (Phi) is 3.56. The molecule has 1 aromatic rings. The summed E-state index contributed by atoms with van der Waals surface area (Å²) in [5.41, 5.74) is -0.833. The van der Waals surface area contributed by atoms with Gasteiger partial charge in [0.2, 0.25) is 5.91 Å². The van der Waals surface area contributed by atoms with Crippen molar-refractivity contribution in [2.24, 2.45) is 5.41 Å². The average Bonchev–Trinajstić information content (AvgIpc) is 2.15. The molecule has 0 saturated carbocycles. The van der Waals surface area contributed by atoms with Gasteiger partial charge in [-0.1, -0.05) is 26.8 Å². The number of nitrogens with one attached hydrogen (secondary N) is 1. The molecule has 1 aromatic carbocycles. The zero-order chi connectivity index (χ0) is 13.3. The van der Waals surface area contributed by atoms with Crippen LogP contribution in [0.15, 0.2) is 29.2 Å². The lowest BCUT2D eigenvalue weighted by Crippen LogP contribution is -2.38. The number of carbonyl (C=O) groups excluding carboxylic acids is 1. The molecule has 0 atom stereocenters. The lowest BCUT2D eigenvalue weighted by Gasteiger charge is -2.17. The van der Waals surface area contributed by atoms with E-state index >= 15 is 0 Å². The van der Waals surface area contributed by atoms with Crippen LogP contribution in [0.2, 0.25) is 0 Å². The second-order valence-electron chi connectivity index (χ2n) is 4.64. The molecule has 0 aliphatic rings. The molecule has 0 aliphatic heterocycles. The molecule has 0 aliphatic carbocycles. The number of hydrogen-bond acceptors (Lipinski definition) is 3.